The molecule has 5 heteroatoms. The minimum atomic E-state index is -2.85. The van der Waals surface area contributed by atoms with Crippen molar-refractivity contribution < 1.29 is 24.8 Å². The smallest absolute Gasteiger partial charge is 0.144 e. The molecular weight excluding hydrogens is 427 g/mol. The van der Waals surface area contributed by atoms with Gasteiger partial charge in [-0.15, -0.1) is 0 Å². The maximum atomic E-state index is 8.41. The van der Waals surface area contributed by atoms with Crippen molar-refractivity contribution in [3.8, 4) is 0 Å². The van der Waals surface area contributed by atoms with Crippen LogP contribution in [0.4, 0.5) is 0 Å². The minimum Gasteiger partial charge on any atom is -0.357 e. The molecule has 4 rings (SSSR count). The summed E-state index contributed by atoms with van der Waals surface area (Å²) < 4.78 is 25.2. The van der Waals surface area contributed by atoms with Crippen molar-refractivity contribution in [3.05, 3.63) is 121 Å². The average Bonchev–Trinajstić information content (AvgIpc) is 2.82. The summed E-state index contributed by atoms with van der Waals surface area (Å²) in [5.74, 6) is 0. The molecule has 0 atom stereocenters. The van der Waals surface area contributed by atoms with Crippen LogP contribution in [0, 0.1) is 10.8 Å². The van der Waals surface area contributed by atoms with E-state index in [0.717, 1.165) is 6.42 Å². The molecular formula is C26H24ClO3P. The van der Waals surface area contributed by atoms with Crippen LogP contribution in [0.1, 0.15) is 12.5 Å². The zero-order valence-electron chi connectivity index (χ0n) is 17.2. The van der Waals surface area contributed by atoms with Gasteiger partial charge in [-0.05, 0) is 60.5 Å². The third kappa shape index (κ3) is 5.40. The maximum absolute atomic E-state index is 8.41. The monoisotopic (exact) mass is 450 g/mol. The van der Waals surface area contributed by atoms with E-state index in [2.05, 4.69) is 122 Å². The predicted molar refractivity (Wildman–Crippen MR) is 121 cm³/mol. The molecule has 0 aliphatic rings. The highest BCUT2D eigenvalue weighted by atomic mass is 35.6. The molecule has 0 bridgehead atoms. The maximum Gasteiger partial charge on any atom is 0.144 e. The van der Waals surface area contributed by atoms with Gasteiger partial charge in [0.25, 0.3) is 0 Å². The quantitative estimate of drug-likeness (QED) is 0.430. The molecule has 0 N–H and O–H groups in total. The Morgan fingerprint density at radius 3 is 1.10 bits per heavy atom. The van der Waals surface area contributed by atoms with Crippen molar-refractivity contribution in [1.29, 1.82) is 0 Å². The molecule has 0 aliphatic carbocycles. The molecule has 0 saturated heterocycles. The fourth-order valence-electron chi connectivity index (χ4n) is 3.80. The van der Waals surface area contributed by atoms with Crippen LogP contribution in [0.25, 0.3) is 0 Å². The molecule has 0 fully saturated rings. The van der Waals surface area contributed by atoms with E-state index in [0.29, 0.717) is 0 Å². The Balaban J connectivity index is 0.000000628. The zero-order valence-corrected chi connectivity index (χ0v) is 18.9. The summed E-state index contributed by atoms with van der Waals surface area (Å²) in [6.45, 7) is 2.21. The van der Waals surface area contributed by atoms with Gasteiger partial charge in [0.2, 0.25) is 0 Å². The number of benzene rings is 4. The second-order valence-corrected chi connectivity index (χ2v) is 10.7. The molecule has 158 valence electrons. The van der Waals surface area contributed by atoms with E-state index < -0.39 is 18.0 Å². The molecule has 4 aromatic carbocycles. The highest BCUT2D eigenvalue weighted by Crippen LogP contribution is 2.54. The first kappa shape index (κ1) is 23.1. The number of aryl methyl sites for hydroxylation is 1. The van der Waals surface area contributed by atoms with Crippen LogP contribution in [0.15, 0.2) is 115 Å². The van der Waals surface area contributed by atoms with E-state index in [9.17, 15) is 0 Å². The molecule has 0 saturated carbocycles. The summed E-state index contributed by atoms with van der Waals surface area (Å²) in [4.78, 5) is 0. The first-order valence-corrected chi connectivity index (χ1v) is 12.7. The van der Waals surface area contributed by atoms with Crippen LogP contribution in [-0.4, -0.2) is 0 Å². The molecule has 4 aromatic rings. The van der Waals surface area contributed by atoms with Gasteiger partial charge < -0.3 is 14.0 Å². The van der Waals surface area contributed by atoms with E-state index >= 15 is 0 Å². The topological polar surface area (TPSA) is 69.2 Å². The first-order valence-electron chi connectivity index (χ1n) is 9.97. The standard InChI is InChI=1S/C26H24P.ClO3/c1-2-22-18-20-26(21-19-22)27(23-12-6-3-7-13-23,24-14-8-4-9-15-24)25-16-10-5-11-17-25;2-1(3)4/h3-21H,2H2,1H3;/q+1;-1. The lowest BCUT2D eigenvalue weighted by Gasteiger charge is -2.27. The molecule has 31 heavy (non-hydrogen) atoms. The SMILES string of the molecule is CCc1ccc([P+](c2ccccc2)(c2ccccc2)c2ccccc2)cc1.[O-][Cl+2]([O-])[O-]. The largest absolute Gasteiger partial charge is 0.357 e. The molecule has 0 heterocycles. The van der Waals surface area contributed by atoms with E-state index in [-0.39, 0.29) is 0 Å². The molecule has 0 aliphatic heterocycles. The van der Waals surface area contributed by atoms with Gasteiger partial charge in [-0.1, -0.05) is 73.7 Å². The number of halogens is 1. The first-order chi connectivity index (χ1) is 15.1. The van der Waals surface area contributed by atoms with Crippen LogP contribution in [0.2, 0.25) is 0 Å². The van der Waals surface area contributed by atoms with Crippen LogP contribution in [0.3, 0.4) is 0 Å². The highest BCUT2D eigenvalue weighted by Gasteiger charge is 2.47. The van der Waals surface area contributed by atoms with Crippen molar-refractivity contribution >= 4 is 28.5 Å². The Hall–Kier alpha value is -2.52. The third-order valence-electron chi connectivity index (χ3n) is 5.16. The molecule has 0 unspecified atom stereocenters. The van der Waals surface area contributed by atoms with Gasteiger partial charge in [0.15, 0.2) is 0 Å². The van der Waals surface area contributed by atoms with Crippen molar-refractivity contribution in [2.45, 2.75) is 13.3 Å². The molecule has 3 nitrogen and oxygen atoms in total. The summed E-state index contributed by atoms with van der Waals surface area (Å²) in [6, 6.07) is 42.3. The molecule has 0 spiro atoms. The molecule has 0 aromatic heterocycles. The Morgan fingerprint density at radius 2 is 0.806 bits per heavy atom. The van der Waals surface area contributed by atoms with Crippen LogP contribution in [-0.2, 0) is 6.42 Å². The minimum absolute atomic E-state index is 1.06. The van der Waals surface area contributed by atoms with Gasteiger partial charge in [-0.3, -0.25) is 0 Å². The predicted octanol–water partition coefficient (Wildman–Crippen LogP) is 1.30. The Kier molecular flexibility index (Phi) is 8.36. The van der Waals surface area contributed by atoms with Crippen molar-refractivity contribution in [2.24, 2.45) is 0 Å². The van der Waals surface area contributed by atoms with Crippen LogP contribution in [0.5, 0.6) is 0 Å². The van der Waals surface area contributed by atoms with Crippen molar-refractivity contribution in [2.75, 3.05) is 0 Å². The summed E-state index contributed by atoms with van der Waals surface area (Å²) in [7, 11) is -4.79. The number of rotatable bonds is 5. The highest BCUT2D eigenvalue weighted by molar-refractivity contribution is 8.01. The van der Waals surface area contributed by atoms with Gasteiger partial charge in [-0.25, -0.2) is 0 Å². The fourth-order valence-corrected chi connectivity index (χ4v) is 8.05. The summed E-state index contributed by atoms with van der Waals surface area (Å²) in [5.41, 5.74) is 1.38. The summed E-state index contributed by atoms with van der Waals surface area (Å²) in [5, 5.41) is 5.59. The molecule has 0 amide bonds. The zero-order chi connectivity index (χ0) is 22.1. The van der Waals surface area contributed by atoms with Crippen LogP contribution >= 0.6 is 7.26 Å². The lowest BCUT2D eigenvalue weighted by atomic mass is 10.2. The van der Waals surface area contributed by atoms with E-state index in [1.165, 1.54) is 26.8 Å². The van der Waals surface area contributed by atoms with Gasteiger partial charge in [0.05, 0.1) is 10.8 Å². The van der Waals surface area contributed by atoms with E-state index in [1.54, 1.807) is 0 Å². The lowest BCUT2D eigenvalue weighted by Crippen LogP contribution is -2.42. The third-order valence-corrected chi connectivity index (χ3v) is 9.45. The van der Waals surface area contributed by atoms with Gasteiger partial charge in [-0.2, -0.15) is 0 Å². The summed E-state index contributed by atoms with van der Waals surface area (Å²) >= 11 is 0. The van der Waals surface area contributed by atoms with Crippen molar-refractivity contribution in [3.63, 3.8) is 0 Å². The second kappa shape index (κ2) is 11.2. The fraction of sp³-hybridized carbons (Fsp3) is 0.0769. The van der Waals surface area contributed by atoms with E-state index in [1.807, 2.05) is 0 Å². The number of hydrogen-bond acceptors (Lipinski definition) is 3. The summed E-state index contributed by atoms with van der Waals surface area (Å²) in [6.07, 6.45) is 1.06. The van der Waals surface area contributed by atoms with Crippen LogP contribution < -0.4 is 35.2 Å². The Morgan fingerprint density at radius 1 is 0.516 bits per heavy atom. The van der Waals surface area contributed by atoms with Gasteiger partial charge >= 0.3 is 0 Å². The Labute approximate surface area is 187 Å². The normalized spacial score (nSPS) is 11.0. The lowest BCUT2D eigenvalue weighted by molar-refractivity contribution is -1.73. The van der Waals surface area contributed by atoms with Gasteiger partial charge in [0.1, 0.15) is 28.5 Å². The van der Waals surface area contributed by atoms with Crippen molar-refractivity contribution in [1.82, 2.24) is 0 Å². The second-order valence-electron chi connectivity index (χ2n) is 6.89. The Bertz CT molecular complexity index is 941. The van der Waals surface area contributed by atoms with E-state index in [4.69, 9.17) is 14.0 Å². The number of hydrogen-bond donors (Lipinski definition) is 0. The average molecular weight is 451 g/mol. The van der Waals surface area contributed by atoms with Gasteiger partial charge in [0, 0.05) is 0 Å². The molecule has 0 radical (unpaired) electrons.